The van der Waals surface area contributed by atoms with Crippen molar-refractivity contribution in [2.75, 3.05) is 0 Å². The number of primary sulfonamides is 1. The SMILES string of the molecule is C=CC(=O)Oc1ccc2nc(S(N)(=O)=O)sc2c1. The highest BCUT2D eigenvalue weighted by Crippen LogP contribution is 2.28. The van der Waals surface area contributed by atoms with Crippen molar-refractivity contribution in [3.63, 3.8) is 0 Å². The molecule has 1 heterocycles. The van der Waals surface area contributed by atoms with Gasteiger partial charge in [-0.15, -0.1) is 11.3 Å². The number of benzene rings is 1. The monoisotopic (exact) mass is 284 g/mol. The van der Waals surface area contributed by atoms with Crippen LogP contribution in [-0.4, -0.2) is 19.4 Å². The fourth-order valence-electron chi connectivity index (χ4n) is 1.23. The number of hydrogen-bond donors (Lipinski definition) is 1. The molecule has 0 amide bonds. The highest BCUT2D eigenvalue weighted by atomic mass is 32.2. The maximum atomic E-state index is 11.1. The number of aromatic nitrogens is 1. The first-order valence-electron chi connectivity index (χ1n) is 4.68. The van der Waals surface area contributed by atoms with E-state index in [1.54, 1.807) is 6.07 Å². The van der Waals surface area contributed by atoms with Crippen molar-refractivity contribution >= 4 is 37.5 Å². The Morgan fingerprint density at radius 3 is 2.83 bits per heavy atom. The van der Waals surface area contributed by atoms with Crippen LogP contribution in [0.2, 0.25) is 0 Å². The van der Waals surface area contributed by atoms with E-state index >= 15 is 0 Å². The van der Waals surface area contributed by atoms with Gasteiger partial charge in [-0.05, 0) is 12.1 Å². The zero-order valence-electron chi connectivity index (χ0n) is 8.99. The maximum Gasteiger partial charge on any atom is 0.335 e. The molecule has 0 radical (unpaired) electrons. The molecule has 2 N–H and O–H groups in total. The second-order valence-corrected chi connectivity index (χ2v) is 6.05. The van der Waals surface area contributed by atoms with E-state index in [0.29, 0.717) is 10.2 Å². The molecule has 1 aromatic heterocycles. The molecule has 0 saturated heterocycles. The third-order valence-corrected chi connectivity index (χ3v) is 4.31. The lowest BCUT2D eigenvalue weighted by Crippen LogP contribution is -2.11. The summed E-state index contributed by atoms with van der Waals surface area (Å²) < 4.78 is 27.6. The van der Waals surface area contributed by atoms with Gasteiger partial charge in [-0.25, -0.2) is 23.3 Å². The largest absolute Gasteiger partial charge is 0.423 e. The number of sulfonamides is 1. The molecule has 2 rings (SSSR count). The Balaban J connectivity index is 2.46. The van der Waals surface area contributed by atoms with Gasteiger partial charge in [0.1, 0.15) is 5.75 Å². The average molecular weight is 284 g/mol. The van der Waals surface area contributed by atoms with Crippen LogP contribution in [0.15, 0.2) is 35.2 Å². The van der Waals surface area contributed by atoms with Gasteiger partial charge < -0.3 is 4.74 Å². The van der Waals surface area contributed by atoms with Gasteiger partial charge in [0.25, 0.3) is 10.0 Å². The Morgan fingerprint density at radius 2 is 2.22 bits per heavy atom. The smallest absolute Gasteiger partial charge is 0.335 e. The fourth-order valence-corrected chi connectivity index (χ4v) is 2.91. The predicted molar refractivity (Wildman–Crippen MR) is 66.8 cm³/mol. The zero-order chi connectivity index (χ0) is 13.3. The maximum absolute atomic E-state index is 11.1. The first-order valence-corrected chi connectivity index (χ1v) is 7.04. The summed E-state index contributed by atoms with van der Waals surface area (Å²) in [6.45, 7) is 3.28. The van der Waals surface area contributed by atoms with Gasteiger partial charge in [0.2, 0.25) is 4.34 Å². The number of nitrogens with zero attached hydrogens (tertiary/aromatic N) is 1. The summed E-state index contributed by atoms with van der Waals surface area (Å²) in [5.41, 5.74) is 0.474. The topological polar surface area (TPSA) is 99.3 Å². The van der Waals surface area contributed by atoms with Gasteiger partial charge in [0.05, 0.1) is 10.2 Å². The second kappa shape index (κ2) is 4.48. The second-order valence-electron chi connectivity index (χ2n) is 3.28. The van der Waals surface area contributed by atoms with E-state index in [-0.39, 0.29) is 10.1 Å². The van der Waals surface area contributed by atoms with Crippen LogP contribution in [0.25, 0.3) is 10.2 Å². The van der Waals surface area contributed by atoms with Crippen LogP contribution >= 0.6 is 11.3 Å². The third-order valence-electron chi connectivity index (χ3n) is 1.97. The summed E-state index contributed by atoms with van der Waals surface area (Å²) in [6, 6.07) is 4.58. The van der Waals surface area contributed by atoms with Gasteiger partial charge in [0, 0.05) is 12.1 Å². The van der Waals surface area contributed by atoms with Crippen LogP contribution < -0.4 is 9.88 Å². The lowest BCUT2D eigenvalue weighted by Gasteiger charge is -1.99. The number of thiazole rings is 1. The molecule has 0 aliphatic carbocycles. The van der Waals surface area contributed by atoms with Gasteiger partial charge in [-0.2, -0.15) is 0 Å². The number of rotatable bonds is 3. The first-order chi connectivity index (χ1) is 8.40. The lowest BCUT2D eigenvalue weighted by atomic mass is 10.3. The summed E-state index contributed by atoms with van der Waals surface area (Å²) in [5, 5.41) is 4.98. The van der Waals surface area contributed by atoms with Crippen LogP contribution in [0.5, 0.6) is 5.75 Å². The number of ether oxygens (including phenoxy) is 1. The third kappa shape index (κ3) is 2.55. The normalized spacial score (nSPS) is 11.4. The van der Waals surface area contributed by atoms with Crippen molar-refractivity contribution in [2.24, 2.45) is 5.14 Å². The zero-order valence-corrected chi connectivity index (χ0v) is 10.6. The van der Waals surface area contributed by atoms with Crippen molar-refractivity contribution < 1.29 is 17.9 Å². The minimum Gasteiger partial charge on any atom is -0.423 e. The minimum absolute atomic E-state index is 0.176. The summed E-state index contributed by atoms with van der Waals surface area (Å²) >= 11 is 0.912. The molecule has 18 heavy (non-hydrogen) atoms. The predicted octanol–water partition coefficient (Wildman–Crippen LogP) is 1.04. The summed E-state index contributed by atoms with van der Waals surface area (Å²) in [5.74, 6) is -0.303. The number of carbonyl (C=O) groups excluding carboxylic acids is 1. The summed E-state index contributed by atoms with van der Waals surface area (Å²) in [6.07, 6.45) is 1.03. The number of hydrogen-bond acceptors (Lipinski definition) is 6. The number of fused-ring (bicyclic) bond motifs is 1. The Kier molecular flexibility index (Phi) is 3.16. The molecule has 2 aromatic rings. The van der Waals surface area contributed by atoms with E-state index in [4.69, 9.17) is 9.88 Å². The molecule has 0 unspecified atom stereocenters. The van der Waals surface area contributed by atoms with Crippen molar-refractivity contribution in [1.29, 1.82) is 0 Å². The highest BCUT2D eigenvalue weighted by Gasteiger charge is 2.15. The molecular weight excluding hydrogens is 276 g/mol. The van der Waals surface area contributed by atoms with E-state index in [0.717, 1.165) is 17.4 Å². The van der Waals surface area contributed by atoms with Gasteiger partial charge in [-0.1, -0.05) is 6.58 Å². The van der Waals surface area contributed by atoms with Crippen LogP contribution in [0, 0.1) is 0 Å². The van der Waals surface area contributed by atoms with Crippen molar-refractivity contribution in [1.82, 2.24) is 4.98 Å². The van der Waals surface area contributed by atoms with Gasteiger partial charge in [-0.3, -0.25) is 0 Å². The molecule has 0 saturated carbocycles. The van der Waals surface area contributed by atoms with Gasteiger partial charge >= 0.3 is 5.97 Å². The van der Waals surface area contributed by atoms with Crippen molar-refractivity contribution in [3.05, 3.63) is 30.9 Å². The van der Waals surface area contributed by atoms with E-state index in [1.807, 2.05) is 0 Å². The average Bonchev–Trinajstić information content (AvgIpc) is 2.71. The molecule has 0 fully saturated rings. The number of esters is 1. The van der Waals surface area contributed by atoms with Crippen molar-refractivity contribution in [2.45, 2.75) is 4.34 Å². The molecule has 8 heteroatoms. The molecule has 0 aliphatic rings. The molecule has 0 atom stereocenters. The van der Waals surface area contributed by atoms with E-state index in [1.165, 1.54) is 12.1 Å². The summed E-state index contributed by atoms with van der Waals surface area (Å²) in [4.78, 5) is 14.9. The highest BCUT2D eigenvalue weighted by molar-refractivity contribution is 7.91. The van der Waals surface area contributed by atoms with E-state index in [9.17, 15) is 13.2 Å². The number of nitrogens with two attached hydrogens (primary N) is 1. The molecule has 1 aromatic carbocycles. The molecule has 0 aliphatic heterocycles. The standard InChI is InChI=1S/C10H8N2O4S2/c1-2-9(13)16-6-3-4-7-8(5-6)17-10(12-7)18(11,14)15/h2-5H,1H2,(H2,11,14,15). The van der Waals surface area contributed by atoms with Crippen LogP contribution in [-0.2, 0) is 14.8 Å². The Bertz CT molecular complexity index is 733. The summed E-state index contributed by atoms with van der Waals surface area (Å²) in [7, 11) is -3.82. The first kappa shape index (κ1) is 12.7. The minimum atomic E-state index is -3.82. The number of carbonyl (C=O) groups is 1. The molecular formula is C10H8N2O4S2. The van der Waals surface area contributed by atoms with E-state index in [2.05, 4.69) is 11.6 Å². The molecule has 94 valence electrons. The van der Waals surface area contributed by atoms with Crippen LogP contribution in [0.3, 0.4) is 0 Å². The Hall–Kier alpha value is -1.77. The Labute approximate surface area is 107 Å². The van der Waals surface area contributed by atoms with Gasteiger partial charge in [0.15, 0.2) is 0 Å². The van der Waals surface area contributed by atoms with Crippen LogP contribution in [0.4, 0.5) is 0 Å². The molecule has 0 spiro atoms. The van der Waals surface area contributed by atoms with Crippen molar-refractivity contribution in [3.8, 4) is 5.75 Å². The quantitative estimate of drug-likeness (QED) is 0.515. The van der Waals surface area contributed by atoms with Crippen LogP contribution in [0.1, 0.15) is 0 Å². The fraction of sp³-hybridized carbons (Fsp3) is 0. The lowest BCUT2D eigenvalue weighted by molar-refractivity contribution is -0.128. The van der Waals surface area contributed by atoms with E-state index < -0.39 is 16.0 Å². The molecule has 0 bridgehead atoms. The molecule has 6 nitrogen and oxygen atoms in total. The Morgan fingerprint density at radius 1 is 1.50 bits per heavy atom.